The van der Waals surface area contributed by atoms with Crippen LogP contribution >= 0.6 is 28.6 Å². The lowest BCUT2D eigenvalue weighted by molar-refractivity contribution is 0.102. The van der Waals surface area contributed by atoms with Crippen molar-refractivity contribution in [3.63, 3.8) is 0 Å². The number of hydrogen-bond donors (Lipinski definition) is 2. The van der Waals surface area contributed by atoms with Crippen LogP contribution in [0.2, 0.25) is 0 Å². The van der Waals surface area contributed by atoms with Gasteiger partial charge < -0.3 is 10.1 Å². The fourth-order valence-corrected chi connectivity index (χ4v) is 2.49. The Morgan fingerprint density at radius 3 is 2.68 bits per heavy atom. The lowest BCUT2D eigenvalue weighted by atomic mass is 10.2. The first kappa shape index (κ1) is 14.0. The largest absolute Gasteiger partial charge is 0.495 e. The summed E-state index contributed by atoms with van der Waals surface area (Å²) in [6.45, 7) is 0. The molecule has 1 amide bonds. The van der Waals surface area contributed by atoms with Crippen molar-refractivity contribution in [3.8, 4) is 5.75 Å². The van der Waals surface area contributed by atoms with Crippen molar-refractivity contribution in [1.82, 2.24) is 0 Å². The number of para-hydroxylation sites is 2. The number of carbonyl (C=O) groups is 1. The molecule has 1 N–H and O–H groups in total. The van der Waals surface area contributed by atoms with Gasteiger partial charge in [-0.05, 0) is 30.3 Å². The minimum atomic E-state index is -0.220. The molecular weight excluding hydrogens is 326 g/mol. The second-order valence-corrected chi connectivity index (χ2v) is 5.21. The molecule has 0 saturated heterocycles. The molecule has 0 heterocycles. The van der Waals surface area contributed by atoms with E-state index in [1.54, 1.807) is 37.4 Å². The molecule has 0 fully saturated rings. The number of benzene rings is 2. The summed E-state index contributed by atoms with van der Waals surface area (Å²) in [5.41, 5.74) is 1.14. The van der Waals surface area contributed by atoms with E-state index in [2.05, 4.69) is 33.9 Å². The van der Waals surface area contributed by atoms with Gasteiger partial charge in [0.15, 0.2) is 0 Å². The smallest absolute Gasteiger partial charge is 0.256 e. The van der Waals surface area contributed by atoms with Gasteiger partial charge in [-0.1, -0.05) is 28.1 Å². The Morgan fingerprint density at radius 1 is 1.26 bits per heavy atom. The van der Waals surface area contributed by atoms with E-state index in [4.69, 9.17) is 4.74 Å². The van der Waals surface area contributed by atoms with Gasteiger partial charge in [0.25, 0.3) is 5.91 Å². The lowest BCUT2D eigenvalue weighted by Gasteiger charge is -2.11. The number of nitrogens with one attached hydrogen (secondary N) is 1. The second-order valence-electron chi connectivity index (χ2n) is 3.82. The molecule has 2 aromatic rings. The number of methoxy groups -OCH3 is 1. The van der Waals surface area contributed by atoms with Crippen LogP contribution in [0.4, 0.5) is 5.69 Å². The Labute approximate surface area is 125 Å². The number of anilines is 1. The van der Waals surface area contributed by atoms with Gasteiger partial charge in [0.2, 0.25) is 0 Å². The molecule has 0 saturated carbocycles. The fourth-order valence-electron chi connectivity index (χ4n) is 1.63. The second kappa shape index (κ2) is 6.12. The van der Waals surface area contributed by atoms with Crippen molar-refractivity contribution in [3.05, 3.63) is 52.5 Å². The Hall–Kier alpha value is -1.46. The van der Waals surface area contributed by atoms with Crippen LogP contribution in [0, 0.1) is 0 Å². The summed E-state index contributed by atoms with van der Waals surface area (Å²) in [5, 5.41) is 2.81. The summed E-state index contributed by atoms with van der Waals surface area (Å²) in [5.74, 6) is 0.399. The molecule has 19 heavy (non-hydrogen) atoms. The number of carbonyl (C=O) groups excluding carboxylic acids is 1. The van der Waals surface area contributed by atoms with Crippen LogP contribution in [0.1, 0.15) is 10.4 Å². The number of ether oxygens (including phenoxy) is 1. The topological polar surface area (TPSA) is 38.3 Å². The summed E-state index contributed by atoms with van der Waals surface area (Å²) >= 11 is 7.63. The number of halogens is 1. The van der Waals surface area contributed by atoms with E-state index in [0.29, 0.717) is 21.9 Å². The van der Waals surface area contributed by atoms with Gasteiger partial charge >= 0.3 is 0 Å². The average Bonchev–Trinajstić information content (AvgIpc) is 2.39. The lowest BCUT2D eigenvalue weighted by Crippen LogP contribution is -2.13. The van der Waals surface area contributed by atoms with E-state index in [0.717, 1.165) is 4.47 Å². The van der Waals surface area contributed by atoms with Gasteiger partial charge in [-0.2, -0.15) is 0 Å². The molecule has 3 nitrogen and oxygen atoms in total. The van der Waals surface area contributed by atoms with Crippen molar-refractivity contribution in [1.29, 1.82) is 0 Å². The van der Waals surface area contributed by atoms with Gasteiger partial charge in [-0.15, -0.1) is 12.6 Å². The predicted octanol–water partition coefficient (Wildman–Crippen LogP) is 4.00. The molecule has 0 atom stereocenters. The molecule has 98 valence electrons. The van der Waals surface area contributed by atoms with E-state index in [1.165, 1.54) is 0 Å². The normalized spacial score (nSPS) is 10.1. The molecule has 0 aromatic heterocycles. The Kier molecular flexibility index (Phi) is 4.50. The highest BCUT2D eigenvalue weighted by molar-refractivity contribution is 9.10. The van der Waals surface area contributed by atoms with Crippen molar-refractivity contribution in [2.75, 3.05) is 12.4 Å². The van der Waals surface area contributed by atoms with Gasteiger partial charge in [0, 0.05) is 9.37 Å². The summed E-state index contributed by atoms with van der Waals surface area (Å²) in [6, 6.07) is 12.6. The summed E-state index contributed by atoms with van der Waals surface area (Å²) in [4.78, 5) is 12.8. The maximum absolute atomic E-state index is 12.2. The van der Waals surface area contributed by atoms with Gasteiger partial charge in [0.05, 0.1) is 18.4 Å². The summed E-state index contributed by atoms with van der Waals surface area (Å²) < 4.78 is 6.07. The highest BCUT2D eigenvalue weighted by Gasteiger charge is 2.12. The summed E-state index contributed by atoms with van der Waals surface area (Å²) in [6.07, 6.45) is 0. The van der Waals surface area contributed by atoms with E-state index < -0.39 is 0 Å². The van der Waals surface area contributed by atoms with Gasteiger partial charge in [-0.25, -0.2) is 0 Å². The highest BCUT2D eigenvalue weighted by Crippen LogP contribution is 2.25. The van der Waals surface area contributed by atoms with E-state index in [9.17, 15) is 4.79 Å². The predicted molar refractivity (Wildman–Crippen MR) is 82.3 cm³/mol. The number of amides is 1. The first-order valence-corrected chi connectivity index (χ1v) is 6.78. The van der Waals surface area contributed by atoms with Crippen LogP contribution < -0.4 is 10.1 Å². The first-order valence-electron chi connectivity index (χ1n) is 5.54. The summed E-state index contributed by atoms with van der Waals surface area (Å²) in [7, 11) is 1.56. The fraction of sp³-hybridized carbons (Fsp3) is 0.0714. The molecule has 0 aliphatic rings. The molecule has 0 radical (unpaired) electrons. The quantitative estimate of drug-likeness (QED) is 0.831. The van der Waals surface area contributed by atoms with E-state index in [-0.39, 0.29) is 5.91 Å². The van der Waals surface area contributed by atoms with Crippen LogP contribution in [0.5, 0.6) is 5.75 Å². The monoisotopic (exact) mass is 337 g/mol. The molecular formula is C14H12BrNO2S. The number of rotatable bonds is 3. The van der Waals surface area contributed by atoms with Gasteiger partial charge in [-0.3, -0.25) is 4.79 Å². The highest BCUT2D eigenvalue weighted by atomic mass is 79.9. The van der Waals surface area contributed by atoms with Gasteiger partial charge in [0.1, 0.15) is 5.75 Å². The van der Waals surface area contributed by atoms with Crippen molar-refractivity contribution in [2.45, 2.75) is 4.90 Å². The van der Waals surface area contributed by atoms with Crippen molar-refractivity contribution in [2.24, 2.45) is 0 Å². The maximum Gasteiger partial charge on any atom is 0.256 e. The van der Waals surface area contributed by atoms with E-state index >= 15 is 0 Å². The number of hydrogen-bond acceptors (Lipinski definition) is 3. The van der Waals surface area contributed by atoms with Crippen LogP contribution in [-0.2, 0) is 0 Å². The molecule has 0 aliphatic carbocycles. The van der Waals surface area contributed by atoms with Crippen LogP contribution in [0.25, 0.3) is 0 Å². The molecule has 0 aliphatic heterocycles. The maximum atomic E-state index is 12.2. The van der Waals surface area contributed by atoms with Crippen LogP contribution in [-0.4, -0.2) is 13.0 Å². The van der Waals surface area contributed by atoms with E-state index in [1.807, 2.05) is 12.1 Å². The minimum Gasteiger partial charge on any atom is -0.495 e. The molecule has 5 heteroatoms. The zero-order chi connectivity index (χ0) is 13.8. The van der Waals surface area contributed by atoms with Crippen LogP contribution in [0.15, 0.2) is 51.8 Å². The Morgan fingerprint density at radius 2 is 2.00 bits per heavy atom. The minimum absolute atomic E-state index is 0.220. The molecule has 0 unspecified atom stereocenters. The van der Waals surface area contributed by atoms with Crippen molar-refractivity contribution < 1.29 is 9.53 Å². The molecule has 0 spiro atoms. The van der Waals surface area contributed by atoms with Crippen LogP contribution in [0.3, 0.4) is 0 Å². The van der Waals surface area contributed by atoms with Crippen molar-refractivity contribution >= 4 is 40.2 Å². The zero-order valence-corrected chi connectivity index (χ0v) is 12.7. The third-order valence-electron chi connectivity index (χ3n) is 2.56. The molecule has 2 rings (SSSR count). The third kappa shape index (κ3) is 3.30. The molecule has 0 bridgehead atoms. The Bertz CT molecular complexity index is 616. The zero-order valence-electron chi connectivity index (χ0n) is 10.2. The molecule has 2 aromatic carbocycles. The number of thiol groups is 1. The Balaban J connectivity index is 2.26. The standard InChI is InChI=1S/C14H12BrNO2S/c1-18-12-5-3-2-4-11(12)16-14(17)10-7-6-9(15)8-13(10)19/h2-8,19H,1H3,(H,16,17). The average molecular weight is 338 g/mol. The third-order valence-corrected chi connectivity index (χ3v) is 3.42. The SMILES string of the molecule is COc1ccccc1NC(=O)c1ccc(Br)cc1S. The first-order chi connectivity index (χ1) is 9.11.